The van der Waals surface area contributed by atoms with Gasteiger partial charge in [-0.2, -0.15) is 0 Å². The second-order valence-corrected chi connectivity index (χ2v) is 1.67. The summed E-state index contributed by atoms with van der Waals surface area (Å²) in [6.07, 6.45) is 1.05. The molecule has 58 valence electrons. The fraction of sp³-hybridized carbons (Fsp3) is 0. The third-order valence-electron chi connectivity index (χ3n) is 0.901. The molecule has 0 radical (unpaired) electrons. The van der Waals surface area contributed by atoms with Crippen LogP contribution in [0.1, 0.15) is 0 Å². The van der Waals surface area contributed by atoms with E-state index in [0.29, 0.717) is 0 Å². The van der Waals surface area contributed by atoms with Gasteiger partial charge in [0, 0.05) is 6.07 Å². The third kappa shape index (κ3) is 2.09. The van der Waals surface area contributed by atoms with Gasteiger partial charge in [0.1, 0.15) is 5.75 Å². The molecule has 0 aliphatic carbocycles. The summed E-state index contributed by atoms with van der Waals surface area (Å²) in [5.41, 5.74) is 0. The number of hydrogen-bond donors (Lipinski definition) is 1. The highest BCUT2D eigenvalue weighted by molar-refractivity contribution is 5.21. The van der Waals surface area contributed by atoms with Crippen LogP contribution in [0.25, 0.3) is 0 Å². The molecular weight excluding hydrogens is 152 g/mol. The first kappa shape index (κ1) is 7.26. The van der Waals surface area contributed by atoms with E-state index >= 15 is 0 Å². The highest BCUT2D eigenvalue weighted by Crippen LogP contribution is 2.11. The number of aromatic nitrogens is 1. The van der Waals surface area contributed by atoms with Crippen molar-refractivity contribution in [2.75, 3.05) is 0 Å². The Labute approximate surface area is 61.2 Å². The highest BCUT2D eigenvalue weighted by Gasteiger charge is 1.98. The molecule has 1 aromatic rings. The molecule has 0 aliphatic heterocycles. The predicted octanol–water partition coefficient (Wildman–Crippen LogP) is 0.358. The standard InChI is InChI=1S/C5H4N2O4/c8-5-2-1-4(3-6-5)11-7(9)10/h1-3H,(H,6,8). The van der Waals surface area contributed by atoms with Crippen molar-refractivity contribution in [3.8, 4) is 11.6 Å². The van der Waals surface area contributed by atoms with Gasteiger partial charge < -0.3 is 5.11 Å². The second-order valence-electron chi connectivity index (χ2n) is 1.67. The van der Waals surface area contributed by atoms with E-state index in [1.54, 1.807) is 0 Å². The lowest BCUT2D eigenvalue weighted by Gasteiger charge is -1.95. The first-order valence-electron chi connectivity index (χ1n) is 2.66. The third-order valence-corrected chi connectivity index (χ3v) is 0.901. The molecule has 0 saturated carbocycles. The van der Waals surface area contributed by atoms with Crippen molar-refractivity contribution in [2.45, 2.75) is 0 Å². The zero-order valence-corrected chi connectivity index (χ0v) is 5.30. The zero-order valence-electron chi connectivity index (χ0n) is 5.30. The minimum Gasteiger partial charge on any atom is -0.493 e. The quantitative estimate of drug-likeness (QED) is 0.493. The summed E-state index contributed by atoms with van der Waals surface area (Å²) in [6, 6.07) is 2.43. The van der Waals surface area contributed by atoms with Crippen LogP contribution in [-0.4, -0.2) is 15.2 Å². The summed E-state index contributed by atoms with van der Waals surface area (Å²) in [5.74, 6) is -0.228. The average molecular weight is 156 g/mol. The first-order valence-corrected chi connectivity index (χ1v) is 2.66. The molecule has 1 aromatic heterocycles. The van der Waals surface area contributed by atoms with Crippen molar-refractivity contribution >= 4 is 0 Å². The summed E-state index contributed by atoms with van der Waals surface area (Å²) < 4.78 is 0. The Morgan fingerprint density at radius 2 is 2.36 bits per heavy atom. The van der Waals surface area contributed by atoms with E-state index in [1.807, 2.05) is 0 Å². The summed E-state index contributed by atoms with van der Waals surface area (Å²) in [7, 11) is 0. The van der Waals surface area contributed by atoms with Gasteiger partial charge >= 0.3 is 0 Å². The SMILES string of the molecule is O=[N+]([O-])Oc1ccc(O)nc1. The summed E-state index contributed by atoms with van der Waals surface area (Å²) in [4.78, 5) is 17.1. The van der Waals surface area contributed by atoms with Crippen LogP contribution in [0.5, 0.6) is 11.6 Å². The van der Waals surface area contributed by atoms with Crippen molar-refractivity contribution in [2.24, 2.45) is 0 Å². The Hall–Kier alpha value is -1.85. The van der Waals surface area contributed by atoms with Crippen molar-refractivity contribution in [3.05, 3.63) is 28.4 Å². The van der Waals surface area contributed by atoms with Gasteiger partial charge in [0.15, 0.2) is 0 Å². The molecule has 0 spiro atoms. The van der Waals surface area contributed by atoms with E-state index in [0.717, 1.165) is 6.20 Å². The number of hydrogen-bond acceptors (Lipinski definition) is 5. The van der Waals surface area contributed by atoms with Crippen molar-refractivity contribution in [1.82, 2.24) is 4.98 Å². The molecule has 0 unspecified atom stereocenters. The van der Waals surface area contributed by atoms with Crippen LogP contribution in [0, 0.1) is 10.1 Å². The van der Waals surface area contributed by atoms with Gasteiger partial charge in [0.25, 0.3) is 5.09 Å². The molecule has 0 bridgehead atoms. The Kier molecular flexibility index (Phi) is 1.86. The molecule has 0 atom stereocenters. The number of rotatable bonds is 2. The molecule has 0 saturated heterocycles. The maximum absolute atomic E-state index is 9.75. The number of aromatic hydroxyl groups is 1. The minimum atomic E-state index is -0.950. The van der Waals surface area contributed by atoms with E-state index < -0.39 is 5.09 Å². The van der Waals surface area contributed by atoms with Crippen LogP contribution in [-0.2, 0) is 0 Å². The summed E-state index contributed by atoms with van der Waals surface area (Å²) >= 11 is 0. The van der Waals surface area contributed by atoms with E-state index in [2.05, 4.69) is 9.82 Å². The second kappa shape index (κ2) is 2.82. The maximum Gasteiger partial charge on any atom is 0.299 e. The molecule has 11 heavy (non-hydrogen) atoms. The fourth-order valence-electron chi connectivity index (χ4n) is 0.513. The average Bonchev–Trinajstić information content (AvgIpc) is 1.93. The largest absolute Gasteiger partial charge is 0.493 e. The normalized spacial score (nSPS) is 9.09. The van der Waals surface area contributed by atoms with Gasteiger partial charge in [-0.15, -0.1) is 10.1 Å². The Bertz CT molecular complexity index is 258. The zero-order chi connectivity index (χ0) is 8.27. The van der Waals surface area contributed by atoms with Gasteiger partial charge in [0.05, 0.1) is 6.20 Å². The molecular formula is C5H4N2O4. The predicted molar refractivity (Wildman–Crippen MR) is 33.5 cm³/mol. The van der Waals surface area contributed by atoms with Gasteiger partial charge in [-0.1, -0.05) is 0 Å². The van der Waals surface area contributed by atoms with Gasteiger partial charge in [0.2, 0.25) is 5.88 Å². The molecule has 0 aliphatic rings. The molecule has 6 nitrogen and oxygen atoms in total. The number of nitrogens with zero attached hydrogens (tertiary/aromatic N) is 2. The molecule has 1 N–H and O–H groups in total. The Balaban J connectivity index is 2.74. The van der Waals surface area contributed by atoms with Crippen molar-refractivity contribution in [3.63, 3.8) is 0 Å². The molecule has 0 aromatic carbocycles. The molecule has 0 fully saturated rings. The Morgan fingerprint density at radius 1 is 1.64 bits per heavy atom. The van der Waals surface area contributed by atoms with Crippen LogP contribution in [0.3, 0.4) is 0 Å². The van der Waals surface area contributed by atoms with Crippen LogP contribution in [0.15, 0.2) is 18.3 Å². The molecule has 6 heteroatoms. The lowest BCUT2D eigenvalue weighted by Crippen LogP contribution is -2.03. The summed E-state index contributed by atoms with van der Waals surface area (Å²) in [5, 5.41) is 17.5. The van der Waals surface area contributed by atoms with Crippen LogP contribution in [0.4, 0.5) is 0 Å². The fourth-order valence-corrected chi connectivity index (χ4v) is 0.513. The smallest absolute Gasteiger partial charge is 0.299 e. The van der Waals surface area contributed by atoms with Gasteiger partial charge in [-0.25, -0.2) is 4.98 Å². The molecule has 0 amide bonds. The van der Waals surface area contributed by atoms with Gasteiger partial charge in [-0.05, 0) is 6.07 Å². The van der Waals surface area contributed by atoms with Crippen molar-refractivity contribution in [1.29, 1.82) is 0 Å². The van der Waals surface area contributed by atoms with Crippen molar-refractivity contribution < 1.29 is 15.0 Å². The van der Waals surface area contributed by atoms with Gasteiger partial charge in [-0.3, -0.25) is 4.84 Å². The van der Waals surface area contributed by atoms with E-state index in [-0.39, 0.29) is 11.6 Å². The van der Waals surface area contributed by atoms with E-state index in [1.165, 1.54) is 12.1 Å². The highest BCUT2D eigenvalue weighted by atomic mass is 17.0. The Morgan fingerprint density at radius 3 is 2.82 bits per heavy atom. The number of pyridine rings is 1. The first-order chi connectivity index (χ1) is 5.18. The lowest BCUT2D eigenvalue weighted by molar-refractivity contribution is -0.711. The molecule has 1 rings (SSSR count). The van der Waals surface area contributed by atoms with Crippen LogP contribution in [0.2, 0.25) is 0 Å². The topological polar surface area (TPSA) is 85.5 Å². The minimum absolute atomic E-state index is 0.0206. The lowest BCUT2D eigenvalue weighted by atomic mass is 10.4. The van der Waals surface area contributed by atoms with Crippen LogP contribution < -0.4 is 4.84 Å². The monoisotopic (exact) mass is 156 g/mol. The van der Waals surface area contributed by atoms with Crippen LogP contribution >= 0.6 is 0 Å². The summed E-state index contributed by atoms with van der Waals surface area (Å²) in [6.45, 7) is 0. The van der Waals surface area contributed by atoms with E-state index in [9.17, 15) is 10.1 Å². The van der Waals surface area contributed by atoms with E-state index in [4.69, 9.17) is 5.11 Å². The maximum atomic E-state index is 9.75. The molecule has 1 heterocycles.